The number of hydrogen-bond acceptors (Lipinski definition) is 4. The van der Waals surface area contributed by atoms with Gasteiger partial charge in [0.1, 0.15) is 0 Å². The Balaban J connectivity index is 2.03. The molecule has 0 fully saturated rings. The third-order valence-corrected chi connectivity index (χ3v) is 5.38. The Morgan fingerprint density at radius 1 is 1.04 bits per heavy atom. The molecule has 2 rings (SSSR count). The van der Waals surface area contributed by atoms with Crippen molar-refractivity contribution in [3.8, 4) is 0 Å². The quantitative estimate of drug-likeness (QED) is 0.694. The number of sulfonamides is 1. The number of rotatable bonds is 8. The molecule has 0 aliphatic heterocycles. The van der Waals surface area contributed by atoms with Crippen molar-refractivity contribution in [2.45, 2.75) is 25.2 Å². The fourth-order valence-electron chi connectivity index (χ4n) is 2.31. The zero-order valence-electron chi connectivity index (χ0n) is 15.2. The normalized spacial score (nSPS) is 11.2. The molecule has 2 N–H and O–H groups in total. The lowest BCUT2D eigenvalue weighted by molar-refractivity contribution is 0.0948. The maximum absolute atomic E-state index is 12.5. The lowest BCUT2D eigenvalue weighted by Gasteiger charge is -2.10. The largest absolute Gasteiger partial charge is 0.385 e. The molecule has 0 saturated carbocycles. The van der Waals surface area contributed by atoms with E-state index in [9.17, 15) is 13.2 Å². The number of ether oxygens (including phenoxy) is 1. The zero-order chi connectivity index (χ0) is 19.2. The highest BCUT2D eigenvalue weighted by Crippen LogP contribution is 2.19. The molecule has 0 aromatic heterocycles. The molecule has 7 heteroatoms. The number of hydrogen-bond donors (Lipinski definition) is 2. The Bertz CT molecular complexity index is 862. The van der Waals surface area contributed by atoms with Gasteiger partial charge >= 0.3 is 0 Å². The van der Waals surface area contributed by atoms with Crippen molar-refractivity contribution in [3.05, 3.63) is 59.2 Å². The van der Waals surface area contributed by atoms with E-state index in [0.717, 1.165) is 17.5 Å². The number of aryl methyl sites for hydroxylation is 2. The van der Waals surface area contributed by atoms with E-state index in [1.54, 1.807) is 49.6 Å². The maximum Gasteiger partial charge on any atom is 0.261 e. The molecule has 0 aliphatic rings. The van der Waals surface area contributed by atoms with Gasteiger partial charge in [0.2, 0.25) is 0 Å². The van der Waals surface area contributed by atoms with Crippen LogP contribution in [0.4, 0.5) is 5.69 Å². The number of methoxy groups -OCH3 is 1. The zero-order valence-corrected chi connectivity index (χ0v) is 16.0. The van der Waals surface area contributed by atoms with Crippen LogP contribution in [0.25, 0.3) is 0 Å². The highest BCUT2D eigenvalue weighted by atomic mass is 32.2. The minimum Gasteiger partial charge on any atom is -0.385 e. The highest BCUT2D eigenvalue weighted by Gasteiger charge is 2.15. The minimum absolute atomic E-state index is 0.204. The molecule has 6 nitrogen and oxygen atoms in total. The first-order valence-electron chi connectivity index (χ1n) is 8.31. The van der Waals surface area contributed by atoms with Crippen LogP contribution in [0, 0.1) is 13.8 Å². The fraction of sp³-hybridized carbons (Fsp3) is 0.316. The van der Waals surface area contributed by atoms with E-state index in [-0.39, 0.29) is 10.8 Å². The monoisotopic (exact) mass is 376 g/mol. The van der Waals surface area contributed by atoms with Gasteiger partial charge in [-0.25, -0.2) is 8.42 Å². The van der Waals surface area contributed by atoms with Crippen molar-refractivity contribution in [2.24, 2.45) is 0 Å². The summed E-state index contributed by atoms with van der Waals surface area (Å²) in [6, 6.07) is 11.3. The first-order valence-corrected chi connectivity index (χ1v) is 9.79. The van der Waals surface area contributed by atoms with Crippen LogP contribution in [-0.4, -0.2) is 34.6 Å². The molecule has 2 aromatic rings. The molecule has 0 atom stereocenters. The third-order valence-electron chi connectivity index (χ3n) is 4.00. The second-order valence-corrected chi connectivity index (χ2v) is 7.71. The van der Waals surface area contributed by atoms with Gasteiger partial charge in [0.15, 0.2) is 0 Å². The number of anilines is 1. The van der Waals surface area contributed by atoms with Crippen LogP contribution in [0.3, 0.4) is 0 Å². The summed E-state index contributed by atoms with van der Waals surface area (Å²) in [6.07, 6.45) is 0.732. The van der Waals surface area contributed by atoms with E-state index < -0.39 is 10.0 Å². The van der Waals surface area contributed by atoms with Gasteiger partial charge in [-0.3, -0.25) is 9.52 Å². The molecule has 2 aromatic carbocycles. The molecular formula is C19H24N2O4S. The van der Waals surface area contributed by atoms with Crippen molar-refractivity contribution in [1.29, 1.82) is 0 Å². The number of amides is 1. The molecule has 26 heavy (non-hydrogen) atoms. The molecule has 0 radical (unpaired) electrons. The highest BCUT2D eigenvalue weighted by molar-refractivity contribution is 7.92. The van der Waals surface area contributed by atoms with Crippen LogP contribution >= 0.6 is 0 Å². The van der Waals surface area contributed by atoms with Crippen LogP contribution in [-0.2, 0) is 14.8 Å². The summed E-state index contributed by atoms with van der Waals surface area (Å²) in [7, 11) is -2.06. The standard InChI is InChI=1S/C19H24N2O4S/c1-14-5-10-18(13-15(14)2)26(23,24)21-17-8-6-16(7-9-17)19(22)20-11-4-12-25-3/h5-10,13,21H,4,11-12H2,1-3H3,(H,20,22). The molecule has 0 spiro atoms. The van der Waals surface area contributed by atoms with E-state index in [1.807, 2.05) is 13.8 Å². The van der Waals surface area contributed by atoms with Crippen LogP contribution in [0.2, 0.25) is 0 Å². The maximum atomic E-state index is 12.5. The molecule has 0 aliphatic carbocycles. The van der Waals surface area contributed by atoms with Gasteiger partial charge in [0.25, 0.3) is 15.9 Å². The topological polar surface area (TPSA) is 84.5 Å². The van der Waals surface area contributed by atoms with Crippen molar-refractivity contribution >= 4 is 21.6 Å². The van der Waals surface area contributed by atoms with Crippen LogP contribution in [0.1, 0.15) is 27.9 Å². The first-order chi connectivity index (χ1) is 12.3. The molecule has 1 amide bonds. The average molecular weight is 376 g/mol. The average Bonchev–Trinajstić information content (AvgIpc) is 2.61. The van der Waals surface area contributed by atoms with Crippen molar-refractivity contribution in [2.75, 3.05) is 25.0 Å². The summed E-state index contributed by atoms with van der Waals surface area (Å²) in [6.45, 7) is 4.90. The fourth-order valence-corrected chi connectivity index (χ4v) is 3.45. The number of benzene rings is 2. The van der Waals surface area contributed by atoms with Crippen LogP contribution in [0.5, 0.6) is 0 Å². The van der Waals surface area contributed by atoms with E-state index in [4.69, 9.17) is 4.74 Å². The van der Waals surface area contributed by atoms with Crippen molar-refractivity contribution in [3.63, 3.8) is 0 Å². The predicted molar refractivity (Wildman–Crippen MR) is 102 cm³/mol. The van der Waals surface area contributed by atoms with Gasteiger partial charge in [0.05, 0.1) is 4.90 Å². The van der Waals surface area contributed by atoms with Gasteiger partial charge in [-0.05, 0) is 67.8 Å². The van der Waals surface area contributed by atoms with Gasteiger partial charge in [0, 0.05) is 31.5 Å². The molecule has 0 saturated heterocycles. The molecule has 0 bridgehead atoms. The van der Waals surface area contributed by atoms with Crippen molar-refractivity contribution in [1.82, 2.24) is 5.32 Å². The lowest BCUT2D eigenvalue weighted by atomic mass is 10.1. The summed E-state index contributed by atoms with van der Waals surface area (Å²) in [4.78, 5) is 12.2. The Hall–Kier alpha value is -2.38. The SMILES string of the molecule is COCCCNC(=O)c1ccc(NS(=O)(=O)c2ccc(C)c(C)c2)cc1. The van der Waals surface area contributed by atoms with Crippen LogP contribution < -0.4 is 10.0 Å². The van der Waals surface area contributed by atoms with Crippen molar-refractivity contribution < 1.29 is 17.9 Å². The van der Waals surface area contributed by atoms with Gasteiger partial charge in [-0.2, -0.15) is 0 Å². The summed E-state index contributed by atoms with van der Waals surface area (Å²) < 4.78 is 32.4. The second kappa shape index (κ2) is 8.82. The number of carbonyl (C=O) groups excluding carboxylic acids is 1. The number of nitrogens with one attached hydrogen (secondary N) is 2. The van der Waals surface area contributed by atoms with E-state index >= 15 is 0 Å². The van der Waals surface area contributed by atoms with Gasteiger partial charge in [-0.1, -0.05) is 6.07 Å². The van der Waals surface area contributed by atoms with E-state index in [1.165, 1.54) is 0 Å². The Labute approximate surface area is 154 Å². The summed E-state index contributed by atoms with van der Waals surface area (Å²) >= 11 is 0. The van der Waals surface area contributed by atoms with E-state index in [2.05, 4.69) is 10.0 Å². The summed E-state index contributed by atoms with van der Waals surface area (Å²) in [5.74, 6) is -0.204. The molecular weight excluding hydrogens is 352 g/mol. The second-order valence-electron chi connectivity index (χ2n) is 6.03. The smallest absolute Gasteiger partial charge is 0.261 e. The van der Waals surface area contributed by atoms with Gasteiger partial charge in [-0.15, -0.1) is 0 Å². The Kier molecular flexibility index (Phi) is 6.76. The predicted octanol–water partition coefficient (Wildman–Crippen LogP) is 2.87. The molecule has 140 valence electrons. The minimum atomic E-state index is -3.67. The Morgan fingerprint density at radius 3 is 2.35 bits per heavy atom. The van der Waals surface area contributed by atoms with Gasteiger partial charge < -0.3 is 10.1 Å². The van der Waals surface area contributed by atoms with E-state index in [0.29, 0.717) is 24.4 Å². The van der Waals surface area contributed by atoms with Crippen LogP contribution in [0.15, 0.2) is 47.4 Å². The Morgan fingerprint density at radius 2 is 1.73 bits per heavy atom. The molecule has 0 heterocycles. The first kappa shape index (κ1) is 19.9. The lowest BCUT2D eigenvalue weighted by Crippen LogP contribution is -2.25. The molecule has 0 unspecified atom stereocenters. The third kappa shape index (κ3) is 5.31. The summed E-state index contributed by atoms with van der Waals surface area (Å²) in [5, 5.41) is 2.78. The number of carbonyl (C=O) groups is 1. The summed E-state index contributed by atoms with van der Waals surface area (Å²) in [5.41, 5.74) is 2.81.